The van der Waals surface area contributed by atoms with Crippen molar-refractivity contribution in [3.63, 3.8) is 0 Å². The molecule has 0 aromatic heterocycles. The summed E-state index contributed by atoms with van der Waals surface area (Å²) in [5, 5.41) is 19.4. The van der Waals surface area contributed by atoms with Crippen molar-refractivity contribution in [2.24, 2.45) is 0 Å². The van der Waals surface area contributed by atoms with Crippen LogP contribution in [0.3, 0.4) is 0 Å². The van der Waals surface area contributed by atoms with Crippen LogP contribution in [0.4, 0.5) is 5.69 Å². The van der Waals surface area contributed by atoms with Gasteiger partial charge in [-0.15, -0.1) is 0 Å². The summed E-state index contributed by atoms with van der Waals surface area (Å²) in [6.45, 7) is -0.234. The van der Waals surface area contributed by atoms with Crippen molar-refractivity contribution in [3.8, 4) is 0 Å². The van der Waals surface area contributed by atoms with E-state index in [1.807, 2.05) is 0 Å². The number of aliphatic hydroxyl groups excluding tert-OH is 1. The Kier molecular flexibility index (Phi) is 3.22. The maximum Gasteiger partial charge on any atom is 0.274 e. The molecule has 0 aliphatic carbocycles. The smallest absolute Gasteiger partial charge is 0.274 e. The molecular formula is C8H7ClNO3. The zero-order valence-corrected chi connectivity index (χ0v) is 7.36. The number of nitro benzene ring substituents is 1. The van der Waals surface area contributed by atoms with Crippen LogP contribution in [0.1, 0.15) is 5.56 Å². The predicted octanol–water partition coefficient (Wildman–Crippen LogP) is 1.79. The van der Waals surface area contributed by atoms with Crippen LogP contribution >= 0.6 is 11.6 Å². The normalized spacial score (nSPS) is 10.0. The van der Waals surface area contributed by atoms with Crippen LogP contribution in [0.25, 0.3) is 0 Å². The van der Waals surface area contributed by atoms with Gasteiger partial charge in [-0.25, -0.2) is 0 Å². The third-order valence-electron chi connectivity index (χ3n) is 1.50. The van der Waals surface area contributed by atoms with Crippen LogP contribution in [0, 0.1) is 16.5 Å². The summed E-state index contributed by atoms with van der Waals surface area (Å²) in [5.41, 5.74) is 0.276. The molecule has 69 valence electrons. The van der Waals surface area contributed by atoms with Gasteiger partial charge in [-0.3, -0.25) is 10.1 Å². The molecule has 0 amide bonds. The van der Waals surface area contributed by atoms with Gasteiger partial charge in [-0.1, -0.05) is 17.7 Å². The summed E-state index contributed by atoms with van der Waals surface area (Å²) in [7, 11) is 0. The Balaban J connectivity index is 3.10. The first-order valence-corrected chi connectivity index (χ1v) is 3.91. The second-order valence-corrected chi connectivity index (χ2v) is 2.78. The highest BCUT2D eigenvalue weighted by molar-refractivity contribution is 6.30. The van der Waals surface area contributed by atoms with Gasteiger partial charge in [0.25, 0.3) is 5.69 Å². The maximum atomic E-state index is 10.5. The lowest BCUT2D eigenvalue weighted by molar-refractivity contribution is -0.385. The molecule has 5 heteroatoms. The summed E-state index contributed by atoms with van der Waals surface area (Å²) in [4.78, 5) is 9.96. The van der Waals surface area contributed by atoms with Gasteiger partial charge in [0.15, 0.2) is 0 Å². The molecule has 0 spiro atoms. The SMILES string of the molecule is O=[N+]([O-])c1cc(Cl)ccc1[CH]CO. The maximum absolute atomic E-state index is 10.5. The summed E-state index contributed by atoms with van der Waals surface area (Å²) in [5.74, 6) is 0. The number of aliphatic hydroxyl groups is 1. The molecule has 1 aromatic carbocycles. The van der Waals surface area contributed by atoms with E-state index in [1.165, 1.54) is 24.6 Å². The van der Waals surface area contributed by atoms with E-state index >= 15 is 0 Å². The Morgan fingerprint density at radius 1 is 1.62 bits per heavy atom. The first-order valence-electron chi connectivity index (χ1n) is 3.53. The summed E-state index contributed by atoms with van der Waals surface area (Å²) in [6.07, 6.45) is 1.36. The first kappa shape index (κ1) is 9.95. The minimum absolute atomic E-state index is 0.0958. The third-order valence-corrected chi connectivity index (χ3v) is 1.74. The Hall–Kier alpha value is -1.13. The molecule has 13 heavy (non-hydrogen) atoms. The summed E-state index contributed by atoms with van der Waals surface area (Å²) in [6, 6.07) is 4.29. The molecular weight excluding hydrogens is 194 g/mol. The van der Waals surface area contributed by atoms with E-state index in [9.17, 15) is 10.1 Å². The van der Waals surface area contributed by atoms with Crippen molar-refractivity contribution < 1.29 is 10.0 Å². The van der Waals surface area contributed by atoms with E-state index in [4.69, 9.17) is 16.7 Å². The van der Waals surface area contributed by atoms with Crippen LogP contribution in [0.2, 0.25) is 5.02 Å². The van der Waals surface area contributed by atoms with Gasteiger partial charge < -0.3 is 5.11 Å². The van der Waals surface area contributed by atoms with E-state index in [2.05, 4.69) is 0 Å². The lowest BCUT2D eigenvalue weighted by atomic mass is 10.1. The molecule has 0 aliphatic rings. The molecule has 1 radical (unpaired) electrons. The molecule has 0 heterocycles. The fraction of sp³-hybridized carbons (Fsp3) is 0.125. The molecule has 0 unspecified atom stereocenters. The molecule has 1 aromatic rings. The standard InChI is InChI=1S/C8H7ClNO3/c9-7-2-1-6(3-4-11)8(5-7)10(12)13/h1-3,5,11H,4H2. The largest absolute Gasteiger partial charge is 0.396 e. The van der Waals surface area contributed by atoms with E-state index in [0.29, 0.717) is 10.6 Å². The van der Waals surface area contributed by atoms with Crippen molar-refractivity contribution in [1.82, 2.24) is 0 Å². The molecule has 0 atom stereocenters. The Bertz CT molecular complexity index is 327. The van der Waals surface area contributed by atoms with Gasteiger partial charge in [0.1, 0.15) is 0 Å². The van der Waals surface area contributed by atoms with Gasteiger partial charge in [0.05, 0.1) is 11.5 Å². The minimum atomic E-state index is -0.534. The number of rotatable bonds is 3. The van der Waals surface area contributed by atoms with Gasteiger partial charge in [0.2, 0.25) is 0 Å². The first-order chi connectivity index (χ1) is 6.15. The van der Waals surface area contributed by atoms with E-state index < -0.39 is 4.92 Å². The summed E-state index contributed by atoms with van der Waals surface area (Å²) >= 11 is 5.58. The zero-order chi connectivity index (χ0) is 9.84. The fourth-order valence-electron chi connectivity index (χ4n) is 0.946. The van der Waals surface area contributed by atoms with Crippen molar-refractivity contribution in [2.45, 2.75) is 0 Å². The Labute approximate surface area is 79.9 Å². The molecule has 0 aliphatic heterocycles. The highest BCUT2D eigenvalue weighted by Crippen LogP contribution is 2.23. The highest BCUT2D eigenvalue weighted by Gasteiger charge is 2.13. The zero-order valence-electron chi connectivity index (χ0n) is 6.61. The Morgan fingerprint density at radius 3 is 2.85 bits per heavy atom. The van der Waals surface area contributed by atoms with Gasteiger partial charge in [0, 0.05) is 23.1 Å². The van der Waals surface area contributed by atoms with Gasteiger partial charge in [-0.05, 0) is 6.07 Å². The Morgan fingerprint density at radius 2 is 2.31 bits per heavy atom. The lowest BCUT2D eigenvalue weighted by Crippen LogP contribution is -1.96. The number of nitrogens with zero attached hydrogens (tertiary/aromatic N) is 1. The van der Waals surface area contributed by atoms with Crippen molar-refractivity contribution >= 4 is 17.3 Å². The third kappa shape index (κ3) is 2.40. The highest BCUT2D eigenvalue weighted by atomic mass is 35.5. The molecule has 1 N–H and O–H groups in total. The van der Waals surface area contributed by atoms with Crippen LogP contribution in [-0.2, 0) is 0 Å². The van der Waals surface area contributed by atoms with Crippen LogP contribution in [0.15, 0.2) is 18.2 Å². The molecule has 1 rings (SSSR count). The van der Waals surface area contributed by atoms with Crippen LogP contribution in [0.5, 0.6) is 0 Å². The number of halogens is 1. The van der Waals surface area contributed by atoms with Crippen LogP contribution in [-0.4, -0.2) is 16.6 Å². The molecule has 4 nitrogen and oxygen atoms in total. The van der Waals surface area contributed by atoms with Crippen molar-refractivity contribution in [1.29, 1.82) is 0 Å². The molecule has 0 bridgehead atoms. The summed E-state index contributed by atoms with van der Waals surface area (Å²) < 4.78 is 0. The minimum Gasteiger partial charge on any atom is -0.396 e. The topological polar surface area (TPSA) is 63.4 Å². The lowest BCUT2D eigenvalue weighted by Gasteiger charge is -1.99. The van der Waals surface area contributed by atoms with Gasteiger partial charge >= 0.3 is 0 Å². The number of hydrogen-bond donors (Lipinski definition) is 1. The van der Waals surface area contributed by atoms with Crippen molar-refractivity contribution in [2.75, 3.05) is 6.61 Å². The number of nitro groups is 1. The monoisotopic (exact) mass is 200 g/mol. The quantitative estimate of drug-likeness (QED) is 0.598. The average molecular weight is 201 g/mol. The number of hydrogen-bond acceptors (Lipinski definition) is 3. The van der Waals surface area contributed by atoms with Crippen LogP contribution < -0.4 is 0 Å². The fourth-order valence-corrected chi connectivity index (χ4v) is 1.11. The number of benzene rings is 1. The molecule has 0 fully saturated rings. The van der Waals surface area contributed by atoms with E-state index in [1.54, 1.807) is 0 Å². The average Bonchev–Trinajstić information content (AvgIpc) is 2.08. The van der Waals surface area contributed by atoms with Crippen molar-refractivity contribution in [3.05, 3.63) is 45.3 Å². The second-order valence-electron chi connectivity index (χ2n) is 2.35. The molecule has 0 saturated carbocycles. The van der Waals surface area contributed by atoms with Gasteiger partial charge in [-0.2, -0.15) is 0 Å². The second kappa shape index (κ2) is 4.20. The predicted molar refractivity (Wildman–Crippen MR) is 48.6 cm³/mol. The van der Waals surface area contributed by atoms with E-state index in [0.717, 1.165) is 0 Å². The van der Waals surface area contributed by atoms with E-state index in [-0.39, 0.29) is 12.3 Å². The molecule has 0 saturated heterocycles.